The molecule has 3 heteroatoms. The van der Waals surface area contributed by atoms with Gasteiger partial charge in [-0.3, -0.25) is 0 Å². The number of carboxylic acid groups (broad SMARTS) is 1. The molecule has 0 aliphatic heterocycles. The van der Waals surface area contributed by atoms with Crippen molar-refractivity contribution in [1.82, 2.24) is 0 Å². The molecule has 0 saturated heterocycles. The number of aliphatic hydroxyl groups is 1. The second-order valence-corrected chi connectivity index (χ2v) is 7.43. The summed E-state index contributed by atoms with van der Waals surface area (Å²) in [7, 11) is 0. The van der Waals surface area contributed by atoms with Crippen molar-refractivity contribution in [3.05, 3.63) is 11.3 Å². The first kappa shape index (κ1) is 24.0. The van der Waals surface area contributed by atoms with E-state index in [0.717, 1.165) is 12.8 Å². The first-order valence-electron chi connectivity index (χ1n) is 10.7. The fourth-order valence-electron chi connectivity index (χ4n) is 3.15. The molecule has 0 aliphatic carbocycles. The van der Waals surface area contributed by atoms with E-state index < -0.39 is 5.97 Å². The topological polar surface area (TPSA) is 57.5 Å². The third-order valence-electron chi connectivity index (χ3n) is 5.02. The molecule has 2 N–H and O–H groups in total. The minimum absolute atomic E-state index is 0.0397. The maximum atomic E-state index is 10.7. The normalized spacial score (nSPS) is 12.2. The van der Waals surface area contributed by atoms with Crippen LogP contribution in [0.25, 0.3) is 0 Å². The van der Waals surface area contributed by atoms with Gasteiger partial charge in [0.2, 0.25) is 0 Å². The van der Waals surface area contributed by atoms with Crippen LogP contribution in [0.1, 0.15) is 123 Å². The maximum Gasteiger partial charge on any atom is 0.334 e. The summed E-state index contributed by atoms with van der Waals surface area (Å²) in [4.78, 5) is 10.7. The zero-order valence-electron chi connectivity index (χ0n) is 16.8. The van der Waals surface area contributed by atoms with Gasteiger partial charge in [-0.1, -0.05) is 103 Å². The van der Waals surface area contributed by atoms with Gasteiger partial charge in [0.1, 0.15) is 5.76 Å². The molecule has 3 nitrogen and oxygen atoms in total. The van der Waals surface area contributed by atoms with E-state index in [9.17, 15) is 9.90 Å². The minimum Gasteiger partial charge on any atom is -0.512 e. The van der Waals surface area contributed by atoms with E-state index in [1.165, 1.54) is 96.8 Å². The van der Waals surface area contributed by atoms with Gasteiger partial charge in [0.15, 0.2) is 0 Å². The Morgan fingerprint density at radius 1 is 0.600 bits per heavy atom. The SMILES string of the molecule is CCCCCCCCCCCCCCCCCCC(O)=C(C)C(=O)O. The van der Waals surface area contributed by atoms with Crippen LogP contribution in [0.2, 0.25) is 0 Å². The lowest BCUT2D eigenvalue weighted by atomic mass is 10.0. The van der Waals surface area contributed by atoms with Crippen LogP contribution in [0, 0.1) is 0 Å². The summed E-state index contributed by atoms with van der Waals surface area (Å²) < 4.78 is 0. The summed E-state index contributed by atoms with van der Waals surface area (Å²) in [6.07, 6.45) is 21.6. The average molecular weight is 355 g/mol. The number of allylic oxidation sites excluding steroid dienone is 1. The molecule has 0 fully saturated rings. The van der Waals surface area contributed by atoms with E-state index in [1.54, 1.807) is 0 Å². The van der Waals surface area contributed by atoms with Crippen LogP contribution < -0.4 is 0 Å². The highest BCUT2D eigenvalue weighted by Gasteiger charge is 2.07. The fraction of sp³-hybridized carbons (Fsp3) is 0.864. The summed E-state index contributed by atoms with van der Waals surface area (Å²) in [5.41, 5.74) is 0.0842. The van der Waals surface area contributed by atoms with Gasteiger partial charge >= 0.3 is 5.97 Å². The van der Waals surface area contributed by atoms with Crippen molar-refractivity contribution in [3.8, 4) is 0 Å². The van der Waals surface area contributed by atoms with E-state index in [-0.39, 0.29) is 11.3 Å². The summed E-state index contributed by atoms with van der Waals surface area (Å²) in [5.74, 6) is -0.980. The number of unbranched alkanes of at least 4 members (excludes halogenated alkanes) is 15. The average Bonchev–Trinajstić information content (AvgIpc) is 2.60. The van der Waals surface area contributed by atoms with Gasteiger partial charge in [0.05, 0.1) is 5.57 Å². The largest absolute Gasteiger partial charge is 0.512 e. The molecule has 0 bridgehead atoms. The Morgan fingerprint density at radius 2 is 0.920 bits per heavy atom. The Balaban J connectivity index is 3.22. The molecule has 148 valence electrons. The van der Waals surface area contributed by atoms with Crippen molar-refractivity contribution in [2.75, 3.05) is 0 Å². The third-order valence-corrected chi connectivity index (χ3v) is 5.02. The lowest BCUT2D eigenvalue weighted by Crippen LogP contribution is -2.01. The zero-order chi connectivity index (χ0) is 18.8. The van der Waals surface area contributed by atoms with E-state index in [4.69, 9.17) is 5.11 Å². The molecule has 0 rings (SSSR count). The Bertz CT molecular complexity index is 347. The molecule has 0 aromatic carbocycles. The van der Waals surface area contributed by atoms with Crippen LogP contribution in [0.5, 0.6) is 0 Å². The summed E-state index contributed by atoms with van der Waals surface area (Å²) in [6, 6.07) is 0. The van der Waals surface area contributed by atoms with Crippen molar-refractivity contribution >= 4 is 5.97 Å². The molecule has 0 spiro atoms. The van der Waals surface area contributed by atoms with Gasteiger partial charge in [-0.2, -0.15) is 0 Å². The van der Waals surface area contributed by atoms with Gasteiger partial charge < -0.3 is 10.2 Å². The first-order valence-corrected chi connectivity index (χ1v) is 10.7. The number of aliphatic carboxylic acids is 1. The number of hydrogen-bond acceptors (Lipinski definition) is 2. The number of hydrogen-bond donors (Lipinski definition) is 2. The van der Waals surface area contributed by atoms with Crippen molar-refractivity contribution in [1.29, 1.82) is 0 Å². The van der Waals surface area contributed by atoms with Crippen molar-refractivity contribution in [2.24, 2.45) is 0 Å². The number of carbonyl (C=O) groups is 1. The van der Waals surface area contributed by atoms with E-state index in [1.807, 2.05) is 0 Å². The Hall–Kier alpha value is -0.990. The van der Waals surface area contributed by atoms with Crippen LogP contribution >= 0.6 is 0 Å². The molecule has 0 saturated carbocycles. The Morgan fingerprint density at radius 3 is 1.24 bits per heavy atom. The van der Waals surface area contributed by atoms with E-state index in [0.29, 0.717) is 6.42 Å². The van der Waals surface area contributed by atoms with Crippen molar-refractivity contribution in [3.63, 3.8) is 0 Å². The van der Waals surface area contributed by atoms with Gasteiger partial charge in [-0.15, -0.1) is 0 Å². The second kappa shape index (κ2) is 17.8. The maximum absolute atomic E-state index is 10.7. The molecule has 0 aliphatic rings. The smallest absolute Gasteiger partial charge is 0.334 e. The number of aliphatic hydroxyl groups excluding tert-OH is 1. The van der Waals surface area contributed by atoms with Crippen LogP contribution in [-0.2, 0) is 4.79 Å². The van der Waals surface area contributed by atoms with Gasteiger partial charge in [0, 0.05) is 6.42 Å². The lowest BCUT2D eigenvalue weighted by Gasteiger charge is -2.04. The van der Waals surface area contributed by atoms with E-state index in [2.05, 4.69) is 6.92 Å². The van der Waals surface area contributed by atoms with Gasteiger partial charge in [0.25, 0.3) is 0 Å². The third kappa shape index (κ3) is 16.2. The monoisotopic (exact) mass is 354 g/mol. The molecule has 0 heterocycles. The van der Waals surface area contributed by atoms with Crippen molar-refractivity contribution in [2.45, 2.75) is 123 Å². The molecule has 25 heavy (non-hydrogen) atoms. The molecular weight excluding hydrogens is 312 g/mol. The molecule has 0 radical (unpaired) electrons. The second-order valence-electron chi connectivity index (χ2n) is 7.43. The highest BCUT2D eigenvalue weighted by atomic mass is 16.4. The van der Waals surface area contributed by atoms with Crippen LogP contribution in [0.15, 0.2) is 11.3 Å². The van der Waals surface area contributed by atoms with Crippen LogP contribution in [0.3, 0.4) is 0 Å². The quantitative estimate of drug-likeness (QED) is 0.152. The zero-order valence-corrected chi connectivity index (χ0v) is 16.8. The fourth-order valence-corrected chi connectivity index (χ4v) is 3.15. The summed E-state index contributed by atoms with van der Waals surface area (Å²) in [6.45, 7) is 3.73. The number of carboxylic acids is 1. The predicted molar refractivity (Wildman–Crippen MR) is 107 cm³/mol. The van der Waals surface area contributed by atoms with Crippen LogP contribution in [-0.4, -0.2) is 16.2 Å². The lowest BCUT2D eigenvalue weighted by molar-refractivity contribution is -0.132. The standard InChI is InChI=1S/C22H42O3/c1-3-4-5-6-7-8-9-10-11-12-13-14-15-16-17-18-19-21(23)20(2)22(24)25/h23H,3-19H2,1-2H3,(H,24,25). The van der Waals surface area contributed by atoms with Gasteiger partial charge in [-0.25, -0.2) is 4.79 Å². The summed E-state index contributed by atoms with van der Waals surface area (Å²) in [5, 5.41) is 18.4. The molecule has 0 aromatic heterocycles. The molecule has 0 aromatic rings. The molecule has 0 amide bonds. The number of rotatable bonds is 18. The molecule has 0 unspecified atom stereocenters. The first-order chi connectivity index (χ1) is 12.1. The Kier molecular flexibility index (Phi) is 17.1. The van der Waals surface area contributed by atoms with Crippen molar-refractivity contribution < 1.29 is 15.0 Å². The summed E-state index contributed by atoms with van der Waals surface area (Å²) >= 11 is 0. The molecule has 0 atom stereocenters. The molecular formula is C22H42O3. The predicted octanol–water partition coefficient (Wildman–Crippen LogP) is 7.55. The Labute approximate surface area is 155 Å². The highest BCUT2D eigenvalue weighted by molar-refractivity contribution is 5.86. The highest BCUT2D eigenvalue weighted by Crippen LogP contribution is 2.15. The van der Waals surface area contributed by atoms with E-state index >= 15 is 0 Å². The minimum atomic E-state index is -1.02. The van der Waals surface area contributed by atoms with Crippen LogP contribution in [0.4, 0.5) is 0 Å². The van der Waals surface area contributed by atoms with Gasteiger partial charge in [-0.05, 0) is 13.3 Å².